The Morgan fingerprint density at radius 1 is 0.509 bits per heavy atom. The second-order valence-corrected chi connectivity index (χ2v) is 13.4. The first-order chi connectivity index (χ1) is 26.3. The Hall–Kier alpha value is -6.98. The van der Waals surface area contributed by atoms with Crippen LogP contribution in [-0.2, 0) is 0 Å². The summed E-state index contributed by atoms with van der Waals surface area (Å²) < 4.78 is 2.09. The second-order valence-electron chi connectivity index (χ2n) is 13.4. The summed E-state index contributed by atoms with van der Waals surface area (Å²) >= 11 is 0. The van der Waals surface area contributed by atoms with Crippen LogP contribution in [0.1, 0.15) is 23.6 Å². The zero-order valence-electron chi connectivity index (χ0n) is 28.8. The van der Waals surface area contributed by atoms with E-state index in [0.717, 1.165) is 84.5 Å². The minimum atomic E-state index is 0.0213. The minimum Gasteiger partial charge on any atom is -0.284 e. The fraction of sp³-hybridized carbons (Fsp3) is 0.0417. The molecule has 0 spiro atoms. The molecule has 0 N–H and O–H groups in total. The summed E-state index contributed by atoms with van der Waals surface area (Å²) in [4.78, 5) is 21.2. The maximum Gasteiger partial charge on any atom is 0.165 e. The topological polar surface area (TPSA) is 56.0 Å². The number of benzene rings is 5. The van der Waals surface area contributed by atoms with Crippen LogP contribution >= 0.6 is 0 Å². The van der Waals surface area contributed by atoms with Crippen LogP contribution in [0.15, 0.2) is 182 Å². The third-order valence-electron chi connectivity index (χ3n) is 10.2. The van der Waals surface area contributed by atoms with Gasteiger partial charge in [-0.1, -0.05) is 158 Å². The van der Waals surface area contributed by atoms with Crippen LogP contribution in [0.4, 0.5) is 0 Å². The Balaban J connectivity index is 1.16. The molecule has 9 aromatic rings. The quantitative estimate of drug-likeness (QED) is 0.175. The molecule has 10 rings (SSSR count). The average Bonchev–Trinajstić information content (AvgIpc) is 3.63. The van der Waals surface area contributed by atoms with Gasteiger partial charge in [-0.05, 0) is 41.3 Å². The number of hydrogen-bond acceptors (Lipinski definition) is 4. The number of nitrogens with zero attached hydrogens (tertiary/aromatic N) is 5. The van der Waals surface area contributed by atoms with Gasteiger partial charge in [0, 0.05) is 45.1 Å². The van der Waals surface area contributed by atoms with E-state index in [1.807, 2.05) is 30.5 Å². The van der Waals surface area contributed by atoms with Gasteiger partial charge in [-0.15, -0.1) is 0 Å². The first-order valence-corrected chi connectivity index (χ1v) is 18.0. The summed E-state index contributed by atoms with van der Waals surface area (Å²) in [6, 6.07) is 54.6. The Morgan fingerprint density at radius 2 is 1.11 bits per heavy atom. The predicted molar refractivity (Wildman–Crippen MR) is 216 cm³/mol. The zero-order chi connectivity index (χ0) is 35.1. The van der Waals surface area contributed by atoms with Crippen LogP contribution in [0.25, 0.3) is 78.2 Å². The maximum absolute atomic E-state index is 5.42. The van der Waals surface area contributed by atoms with Crippen molar-refractivity contribution in [3.63, 3.8) is 0 Å². The van der Waals surface area contributed by atoms with Crippen molar-refractivity contribution < 1.29 is 0 Å². The largest absolute Gasteiger partial charge is 0.284 e. The number of hydrogen-bond donors (Lipinski definition) is 0. The molecule has 4 aromatic heterocycles. The van der Waals surface area contributed by atoms with Gasteiger partial charge in [0.1, 0.15) is 11.2 Å². The van der Waals surface area contributed by atoms with Gasteiger partial charge >= 0.3 is 0 Å². The van der Waals surface area contributed by atoms with E-state index >= 15 is 0 Å². The van der Waals surface area contributed by atoms with E-state index in [1.54, 1.807) is 0 Å². The molecule has 53 heavy (non-hydrogen) atoms. The first kappa shape index (κ1) is 30.8. The van der Waals surface area contributed by atoms with Crippen molar-refractivity contribution in [1.29, 1.82) is 0 Å². The number of fused-ring (bicyclic) bond motifs is 5. The van der Waals surface area contributed by atoms with E-state index in [-0.39, 0.29) is 5.92 Å². The van der Waals surface area contributed by atoms with Crippen LogP contribution in [0, 0.1) is 0 Å². The summed E-state index contributed by atoms with van der Waals surface area (Å²) in [5.74, 6) is 0.714. The molecule has 1 aliphatic rings. The van der Waals surface area contributed by atoms with Gasteiger partial charge < -0.3 is 0 Å². The summed E-state index contributed by atoms with van der Waals surface area (Å²) in [7, 11) is 0. The van der Waals surface area contributed by atoms with Crippen molar-refractivity contribution in [2.24, 2.45) is 0 Å². The molecule has 0 bridgehead atoms. The molecule has 5 heteroatoms. The van der Waals surface area contributed by atoms with Crippen molar-refractivity contribution >= 4 is 33.2 Å². The monoisotopic (exact) mass is 679 g/mol. The van der Waals surface area contributed by atoms with Gasteiger partial charge in [0.05, 0.1) is 17.1 Å². The molecule has 250 valence electrons. The Kier molecular flexibility index (Phi) is 7.54. The zero-order valence-corrected chi connectivity index (χ0v) is 28.8. The lowest BCUT2D eigenvalue weighted by Gasteiger charge is -2.24. The molecule has 0 saturated carbocycles. The van der Waals surface area contributed by atoms with Gasteiger partial charge in [-0.25, -0.2) is 19.9 Å². The number of rotatable bonds is 6. The molecule has 0 fully saturated rings. The Morgan fingerprint density at radius 3 is 1.83 bits per heavy atom. The molecular formula is C48H33N5. The molecule has 0 aliphatic heterocycles. The normalized spacial score (nSPS) is 14.2. The van der Waals surface area contributed by atoms with Crippen LogP contribution in [0.3, 0.4) is 0 Å². The number of pyridine rings is 2. The Bertz CT molecular complexity index is 2790. The van der Waals surface area contributed by atoms with Gasteiger partial charge in [0.25, 0.3) is 0 Å². The molecule has 4 heterocycles. The third-order valence-corrected chi connectivity index (χ3v) is 10.2. The van der Waals surface area contributed by atoms with Crippen LogP contribution in [-0.4, -0.2) is 24.3 Å². The van der Waals surface area contributed by atoms with Gasteiger partial charge in [0.15, 0.2) is 11.5 Å². The van der Waals surface area contributed by atoms with Crippen LogP contribution in [0.2, 0.25) is 0 Å². The summed E-state index contributed by atoms with van der Waals surface area (Å²) in [5, 5.41) is 2.23. The Labute approximate surface area is 307 Å². The smallest absolute Gasteiger partial charge is 0.165 e. The molecule has 5 aromatic carbocycles. The number of imidazole rings is 1. The van der Waals surface area contributed by atoms with Gasteiger partial charge in [-0.2, -0.15) is 0 Å². The van der Waals surface area contributed by atoms with E-state index in [2.05, 4.69) is 156 Å². The summed E-state index contributed by atoms with van der Waals surface area (Å²) in [5.41, 5.74) is 13.1. The molecule has 1 aliphatic carbocycles. The van der Waals surface area contributed by atoms with Crippen molar-refractivity contribution in [2.75, 3.05) is 0 Å². The standard InChI is InChI=1S/C48H33N5/c1-4-16-32(17-5-1)35-22-14-25-38(30-35)47-50-44(33-18-6-2-7-19-33)42(45(51-47)34-20-8-3-9-21-34)36-23-15-24-37(31-36)43-39-26-10-11-27-40(39)46-48(52-43)53-29-13-12-28-41(53)49-46/h1-30,37H,31H2. The van der Waals surface area contributed by atoms with E-state index in [0.29, 0.717) is 5.82 Å². The highest BCUT2D eigenvalue weighted by Gasteiger charge is 2.27. The van der Waals surface area contributed by atoms with Crippen LogP contribution < -0.4 is 0 Å². The molecular weight excluding hydrogens is 647 g/mol. The van der Waals surface area contributed by atoms with E-state index in [4.69, 9.17) is 19.9 Å². The van der Waals surface area contributed by atoms with Gasteiger partial charge in [0.2, 0.25) is 0 Å². The fourth-order valence-electron chi connectivity index (χ4n) is 7.66. The van der Waals surface area contributed by atoms with Crippen molar-refractivity contribution in [3.05, 3.63) is 193 Å². The molecule has 1 atom stereocenters. The lowest BCUT2D eigenvalue weighted by Crippen LogP contribution is -2.09. The lowest BCUT2D eigenvalue weighted by atomic mass is 9.83. The molecule has 0 saturated heterocycles. The fourth-order valence-corrected chi connectivity index (χ4v) is 7.66. The summed E-state index contributed by atoms with van der Waals surface area (Å²) in [6.45, 7) is 0. The van der Waals surface area contributed by atoms with Gasteiger partial charge in [-0.3, -0.25) is 4.40 Å². The van der Waals surface area contributed by atoms with E-state index in [1.165, 1.54) is 5.57 Å². The van der Waals surface area contributed by atoms with Crippen molar-refractivity contribution in [3.8, 4) is 45.0 Å². The lowest BCUT2D eigenvalue weighted by molar-refractivity contribution is 0.840. The molecule has 0 radical (unpaired) electrons. The SMILES string of the molecule is C1=CC(c2nc3c(nc4ccccn43)c3ccccc23)CC(c2c(-c3ccccc3)nc(-c3cccc(-c4ccccc4)c3)nc2-c2ccccc2)=C1. The molecule has 0 amide bonds. The minimum absolute atomic E-state index is 0.0213. The van der Waals surface area contributed by atoms with Crippen LogP contribution in [0.5, 0.6) is 0 Å². The predicted octanol–water partition coefficient (Wildman–Crippen LogP) is 11.6. The maximum atomic E-state index is 5.42. The highest BCUT2D eigenvalue weighted by Crippen LogP contribution is 2.44. The highest BCUT2D eigenvalue weighted by atomic mass is 15.1. The van der Waals surface area contributed by atoms with Crippen molar-refractivity contribution in [1.82, 2.24) is 24.3 Å². The summed E-state index contributed by atoms with van der Waals surface area (Å²) in [6.07, 6.45) is 9.48. The first-order valence-electron chi connectivity index (χ1n) is 18.0. The number of allylic oxidation sites excluding steroid dienone is 4. The average molecular weight is 680 g/mol. The van der Waals surface area contributed by atoms with E-state index < -0.39 is 0 Å². The third kappa shape index (κ3) is 5.51. The highest BCUT2D eigenvalue weighted by molar-refractivity contribution is 6.05. The molecule has 1 unspecified atom stereocenters. The number of aromatic nitrogens is 5. The van der Waals surface area contributed by atoms with Crippen molar-refractivity contribution in [2.45, 2.75) is 12.3 Å². The molecule has 5 nitrogen and oxygen atoms in total. The van der Waals surface area contributed by atoms with E-state index in [9.17, 15) is 0 Å². The second kappa shape index (κ2) is 13.0.